The molecule has 2 heterocycles. The van der Waals surface area contributed by atoms with Gasteiger partial charge in [-0.05, 0) is 36.4 Å². The fourth-order valence-corrected chi connectivity index (χ4v) is 2.94. The van der Waals surface area contributed by atoms with Gasteiger partial charge in [0.1, 0.15) is 0 Å². The van der Waals surface area contributed by atoms with E-state index >= 15 is 0 Å². The molecule has 0 spiro atoms. The van der Waals surface area contributed by atoms with Gasteiger partial charge in [-0.1, -0.05) is 19.1 Å². The first kappa shape index (κ1) is 18.0. The minimum atomic E-state index is -0.109. The molecule has 0 saturated heterocycles. The van der Waals surface area contributed by atoms with Crippen molar-refractivity contribution in [3.63, 3.8) is 0 Å². The molecule has 0 saturated carbocycles. The molecule has 7 heteroatoms. The highest BCUT2D eigenvalue weighted by atomic mass is 16.5. The van der Waals surface area contributed by atoms with Crippen LogP contribution in [0.2, 0.25) is 0 Å². The molecule has 138 valence electrons. The minimum Gasteiger partial charge on any atom is -0.493 e. The number of benzene rings is 1. The molecule has 0 aliphatic carbocycles. The molecule has 0 aliphatic rings. The molecule has 0 bridgehead atoms. The molecule has 1 aromatic carbocycles. The van der Waals surface area contributed by atoms with Crippen LogP contribution in [-0.2, 0) is 13.1 Å². The zero-order valence-electron chi connectivity index (χ0n) is 15.4. The second kappa shape index (κ2) is 8.05. The number of rotatable bonds is 8. The summed E-state index contributed by atoms with van der Waals surface area (Å²) in [5, 5.41) is 4.38. The molecule has 2 aromatic heterocycles. The maximum absolute atomic E-state index is 12.4. The van der Waals surface area contributed by atoms with E-state index in [1.165, 1.54) is 4.68 Å². The van der Waals surface area contributed by atoms with Crippen molar-refractivity contribution in [2.24, 2.45) is 0 Å². The molecule has 3 rings (SSSR count). The Morgan fingerprint density at radius 3 is 2.62 bits per heavy atom. The molecular formula is C19H24N4O3. The van der Waals surface area contributed by atoms with Gasteiger partial charge in [-0.2, -0.15) is 0 Å². The Hall–Kier alpha value is -2.80. The molecular weight excluding hydrogens is 332 g/mol. The topological polar surface area (TPSA) is 61.0 Å². The van der Waals surface area contributed by atoms with Gasteiger partial charge in [0.15, 0.2) is 17.1 Å². The lowest BCUT2D eigenvalue weighted by Gasteiger charge is -2.20. The Balaban J connectivity index is 1.69. The summed E-state index contributed by atoms with van der Waals surface area (Å²) in [5.41, 5.74) is 1.69. The number of likely N-dealkylation sites (N-methyl/N-ethyl adjacent to an activating group) is 1. The molecule has 0 atom stereocenters. The first-order valence-electron chi connectivity index (χ1n) is 8.63. The third-order valence-corrected chi connectivity index (χ3v) is 4.42. The van der Waals surface area contributed by atoms with Crippen molar-refractivity contribution in [2.45, 2.75) is 20.0 Å². The Labute approximate surface area is 152 Å². The van der Waals surface area contributed by atoms with Crippen molar-refractivity contribution in [3.8, 4) is 11.5 Å². The van der Waals surface area contributed by atoms with E-state index in [-0.39, 0.29) is 5.69 Å². The summed E-state index contributed by atoms with van der Waals surface area (Å²) < 4.78 is 13.7. The Morgan fingerprint density at radius 2 is 1.92 bits per heavy atom. The fraction of sp³-hybridized carbons (Fsp3) is 0.368. The maximum atomic E-state index is 12.4. The molecule has 3 aromatic rings. The number of hydrogen-bond donors (Lipinski definition) is 0. The largest absolute Gasteiger partial charge is 0.493 e. The second-order valence-corrected chi connectivity index (χ2v) is 5.99. The summed E-state index contributed by atoms with van der Waals surface area (Å²) in [6.45, 7) is 5.01. The van der Waals surface area contributed by atoms with Crippen LogP contribution in [0.1, 0.15) is 12.5 Å². The van der Waals surface area contributed by atoms with E-state index in [9.17, 15) is 4.79 Å². The van der Waals surface area contributed by atoms with E-state index in [0.29, 0.717) is 12.2 Å². The van der Waals surface area contributed by atoms with Crippen LogP contribution in [0.4, 0.5) is 0 Å². The summed E-state index contributed by atoms with van der Waals surface area (Å²) in [7, 11) is 3.26. The Morgan fingerprint density at radius 1 is 1.12 bits per heavy atom. The summed E-state index contributed by atoms with van der Waals surface area (Å²) in [4.78, 5) is 14.6. The van der Waals surface area contributed by atoms with E-state index in [1.54, 1.807) is 24.8 Å². The van der Waals surface area contributed by atoms with Crippen LogP contribution < -0.4 is 15.2 Å². The lowest BCUT2D eigenvalue weighted by atomic mass is 10.2. The van der Waals surface area contributed by atoms with Crippen molar-refractivity contribution < 1.29 is 9.47 Å². The van der Waals surface area contributed by atoms with Crippen LogP contribution in [0.5, 0.6) is 11.5 Å². The van der Waals surface area contributed by atoms with Gasteiger partial charge < -0.3 is 9.47 Å². The van der Waals surface area contributed by atoms with Gasteiger partial charge in [0, 0.05) is 19.3 Å². The van der Waals surface area contributed by atoms with Gasteiger partial charge in [0.05, 0.1) is 20.8 Å². The molecule has 0 fully saturated rings. The average molecular weight is 356 g/mol. The lowest BCUT2D eigenvalue weighted by Crippen LogP contribution is -2.31. The number of hydrogen-bond acceptors (Lipinski definition) is 5. The first-order chi connectivity index (χ1) is 12.7. The van der Waals surface area contributed by atoms with Crippen molar-refractivity contribution in [3.05, 3.63) is 58.6 Å². The van der Waals surface area contributed by atoms with Crippen LogP contribution in [0.15, 0.2) is 47.4 Å². The van der Waals surface area contributed by atoms with E-state index in [1.807, 2.05) is 36.4 Å². The van der Waals surface area contributed by atoms with Crippen LogP contribution in [0.3, 0.4) is 0 Å². The standard InChI is InChI=1S/C19H24N4O3/c1-4-21(14-15-8-9-16(25-2)17(13-15)26-3)11-12-23-19(24)22-10-6-5-7-18(22)20-23/h5-10,13H,4,11-12,14H2,1-3H3. The van der Waals surface area contributed by atoms with Crippen LogP contribution in [0, 0.1) is 0 Å². The lowest BCUT2D eigenvalue weighted by molar-refractivity contribution is 0.261. The Kier molecular flexibility index (Phi) is 5.58. The van der Waals surface area contributed by atoms with Crippen molar-refractivity contribution in [1.82, 2.24) is 19.1 Å². The average Bonchev–Trinajstić information content (AvgIpc) is 3.01. The van der Waals surface area contributed by atoms with E-state index in [0.717, 1.165) is 36.7 Å². The molecule has 7 nitrogen and oxygen atoms in total. The smallest absolute Gasteiger partial charge is 0.350 e. The van der Waals surface area contributed by atoms with Gasteiger partial charge in [-0.3, -0.25) is 9.30 Å². The SMILES string of the molecule is CCN(CCn1nc2ccccn2c1=O)Cc1ccc(OC)c(OC)c1. The summed E-state index contributed by atoms with van der Waals surface area (Å²) in [6, 6.07) is 11.5. The fourth-order valence-electron chi connectivity index (χ4n) is 2.94. The predicted octanol–water partition coefficient (Wildman–Crippen LogP) is 2.04. The summed E-state index contributed by atoms with van der Waals surface area (Å²) in [5.74, 6) is 1.44. The van der Waals surface area contributed by atoms with Gasteiger partial charge >= 0.3 is 5.69 Å². The van der Waals surface area contributed by atoms with Crippen molar-refractivity contribution >= 4 is 5.65 Å². The normalized spacial score (nSPS) is 11.2. The molecule has 0 N–H and O–H groups in total. The van der Waals surface area contributed by atoms with Crippen LogP contribution >= 0.6 is 0 Å². The van der Waals surface area contributed by atoms with Gasteiger partial charge in [0.25, 0.3) is 0 Å². The molecule has 26 heavy (non-hydrogen) atoms. The highest BCUT2D eigenvalue weighted by Crippen LogP contribution is 2.27. The first-order valence-corrected chi connectivity index (χ1v) is 8.63. The second-order valence-electron chi connectivity index (χ2n) is 5.99. The molecule has 0 amide bonds. The highest BCUT2D eigenvalue weighted by molar-refractivity contribution is 5.42. The zero-order chi connectivity index (χ0) is 18.5. The maximum Gasteiger partial charge on any atom is 0.350 e. The summed E-state index contributed by atoms with van der Waals surface area (Å²) >= 11 is 0. The molecule has 0 radical (unpaired) electrons. The molecule has 0 unspecified atom stereocenters. The number of ether oxygens (including phenoxy) is 2. The van der Waals surface area contributed by atoms with Gasteiger partial charge in [-0.15, -0.1) is 5.10 Å². The van der Waals surface area contributed by atoms with Gasteiger partial charge in [-0.25, -0.2) is 9.48 Å². The van der Waals surface area contributed by atoms with E-state index in [2.05, 4.69) is 16.9 Å². The third kappa shape index (κ3) is 3.72. The minimum absolute atomic E-state index is 0.109. The Bertz CT molecular complexity index is 932. The van der Waals surface area contributed by atoms with Crippen LogP contribution in [0.25, 0.3) is 5.65 Å². The highest BCUT2D eigenvalue weighted by Gasteiger charge is 2.11. The number of pyridine rings is 1. The number of fused-ring (bicyclic) bond motifs is 1. The third-order valence-electron chi connectivity index (χ3n) is 4.42. The summed E-state index contributed by atoms with van der Waals surface area (Å²) in [6.07, 6.45) is 1.74. The number of aromatic nitrogens is 3. The monoisotopic (exact) mass is 356 g/mol. The van der Waals surface area contributed by atoms with Crippen LogP contribution in [-0.4, -0.2) is 46.4 Å². The molecule has 0 aliphatic heterocycles. The van der Waals surface area contributed by atoms with E-state index in [4.69, 9.17) is 9.47 Å². The quantitative estimate of drug-likeness (QED) is 0.618. The van der Waals surface area contributed by atoms with Crippen molar-refractivity contribution in [1.29, 1.82) is 0 Å². The number of methoxy groups -OCH3 is 2. The zero-order valence-corrected chi connectivity index (χ0v) is 15.4. The van der Waals surface area contributed by atoms with Crippen molar-refractivity contribution in [2.75, 3.05) is 27.3 Å². The number of nitrogens with zero attached hydrogens (tertiary/aromatic N) is 4. The van der Waals surface area contributed by atoms with Gasteiger partial charge in [0.2, 0.25) is 0 Å². The predicted molar refractivity (Wildman–Crippen MR) is 99.9 cm³/mol. The van der Waals surface area contributed by atoms with E-state index < -0.39 is 0 Å².